The van der Waals surface area contributed by atoms with Gasteiger partial charge in [-0.15, -0.1) is 12.4 Å². The number of phenols is 1. The Morgan fingerprint density at radius 3 is 2.86 bits per heavy atom. The summed E-state index contributed by atoms with van der Waals surface area (Å²) in [5, 5.41) is 12.5. The molecule has 0 radical (unpaired) electrons. The Morgan fingerprint density at radius 2 is 2.29 bits per heavy atom. The summed E-state index contributed by atoms with van der Waals surface area (Å²) in [4.78, 5) is 0. The minimum absolute atomic E-state index is 0. The summed E-state index contributed by atoms with van der Waals surface area (Å²) in [6.07, 6.45) is 0. The average Bonchev–Trinajstić information content (AvgIpc) is 2.54. The quantitative estimate of drug-likeness (QED) is 0.748. The van der Waals surface area contributed by atoms with E-state index in [9.17, 15) is 5.11 Å². The van der Waals surface area contributed by atoms with Crippen molar-refractivity contribution in [3.8, 4) is 5.75 Å². The molecular formula is C10H14ClNO2. The third kappa shape index (κ3) is 2.00. The fourth-order valence-electron chi connectivity index (χ4n) is 1.58. The maximum absolute atomic E-state index is 9.30. The molecule has 0 spiro atoms. The van der Waals surface area contributed by atoms with Crippen LogP contribution in [0.5, 0.6) is 5.75 Å². The number of ether oxygens (including phenoxy) is 1. The molecule has 2 rings (SSSR count). The molecule has 1 unspecified atom stereocenters. The average molecular weight is 216 g/mol. The van der Waals surface area contributed by atoms with Gasteiger partial charge in [0.1, 0.15) is 11.5 Å². The van der Waals surface area contributed by atoms with Gasteiger partial charge >= 0.3 is 0 Å². The van der Waals surface area contributed by atoms with Crippen LogP contribution in [0.1, 0.15) is 12.5 Å². The first-order valence-corrected chi connectivity index (χ1v) is 4.39. The van der Waals surface area contributed by atoms with E-state index in [4.69, 9.17) is 4.74 Å². The van der Waals surface area contributed by atoms with Crippen LogP contribution in [-0.2, 0) is 10.5 Å². The van der Waals surface area contributed by atoms with Gasteiger partial charge in [-0.3, -0.25) is 5.32 Å². The highest BCUT2D eigenvalue weighted by atomic mass is 35.5. The lowest BCUT2D eigenvalue weighted by Gasteiger charge is -2.23. The molecule has 1 saturated heterocycles. The lowest BCUT2D eigenvalue weighted by atomic mass is 10.1. The van der Waals surface area contributed by atoms with Crippen molar-refractivity contribution in [1.82, 2.24) is 5.32 Å². The lowest BCUT2D eigenvalue weighted by molar-refractivity contribution is 0.00232. The molecule has 3 nitrogen and oxygen atoms in total. The number of hydrogen-bond donors (Lipinski definition) is 2. The zero-order valence-corrected chi connectivity index (χ0v) is 8.80. The van der Waals surface area contributed by atoms with E-state index in [0.29, 0.717) is 6.61 Å². The van der Waals surface area contributed by atoms with Crippen molar-refractivity contribution in [2.24, 2.45) is 0 Å². The fraction of sp³-hybridized carbons (Fsp3) is 0.400. The molecule has 1 aliphatic heterocycles. The fourth-order valence-corrected chi connectivity index (χ4v) is 1.58. The second-order valence-electron chi connectivity index (χ2n) is 3.36. The topological polar surface area (TPSA) is 41.5 Å². The van der Waals surface area contributed by atoms with Crippen molar-refractivity contribution >= 4 is 12.4 Å². The smallest absolute Gasteiger partial charge is 0.142 e. The van der Waals surface area contributed by atoms with Crippen molar-refractivity contribution in [2.75, 3.05) is 13.2 Å². The summed E-state index contributed by atoms with van der Waals surface area (Å²) in [6, 6.07) is 7.14. The first-order valence-electron chi connectivity index (χ1n) is 4.39. The van der Waals surface area contributed by atoms with Crippen LogP contribution in [0.15, 0.2) is 24.3 Å². The maximum atomic E-state index is 9.30. The molecule has 0 aliphatic carbocycles. The lowest BCUT2D eigenvalue weighted by Crippen LogP contribution is -2.34. The number of hydrogen-bond acceptors (Lipinski definition) is 3. The van der Waals surface area contributed by atoms with Crippen LogP contribution >= 0.6 is 12.4 Å². The predicted molar refractivity (Wildman–Crippen MR) is 56.7 cm³/mol. The second kappa shape index (κ2) is 4.17. The van der Waals surface area contributed by atoms with Gasteiger partial charge in [0.2, 0.25) is 0 Å². The summed E-state index contributed by atoms with van der Waals surface area (Å²) in [6.45, 7) is 3.53. The van der Waals surface area contributed by atoms with Crippen LogP contribution in [0.2, 0.25) is 0 Å². The van der Waals surface area contributed by atoms with E-state index in [1.165, 1.54) is 0 Å². The van der Waals surface area contributed by atoms with Gasteiger partial charge in [0.25, 0.3) is 0 Å². The van der Waals surface area contributed by atoms with Gasteiger partial charge in [-0.1, -0.05) is 12.1 Å². The van der Waals surface area contributed by atoms with E-state index >= 15 is 0 Å². The Morgan fingerprint density at radius 1 is 1.50 bits per heavy atom. The Hall–Kier alpha value is -0.770. The van der Waals surface area contributed by atoms with Crippen molar-refractivity contribution < 1.29 is 9.84 Å². The zero-order valence-electron chi connectivity index (χ0n) is 7.99. The van der Waals surface area contributed by atoms with E-state index in [0.717, 1.165) is 12.1 Å². The summed E-state index contributed by atoms with van der Waals surface area (Å²) >= 11 is 0. The largest absolute Gasteiger partial charge is 0.508 e. The Kier molecular flexibility index (Phi) is 3.37. The third-order valence-corrected chi connectivity index (χ3v) is 2.35. The van der Waals surface area contributed by atoms with Crippen LogP contribution in [-0.4, -0.2) is 18.3 Å². The number of phenolic OH excluding ortho intramolecular Hbond substituents is 1. The number of nitrogens with one attached hydrogen (secondary N) is 1. The molecular weight excluding hydrogens is 202 g/mol. The molecule has 0 aromatic heterocycles. The normalized spacial score (nSPS) is 25.8. The predicted octanol–water partition coefficient (Wildman–Crippen LogP) is 1.61. The molecule has 1 aliphatic rings. The third-order valence-electron chi connectivity index (χ3n) is 2.35. The maximum Gasteiger partial charge on any atom is 0.142 e. The van der Waals surface area contributed by atoms with Gasteiger partial charge in [0, 0.05) is 12.1 Å². The first-order chi connectivity index (χ1) is 6.21. The molecule has 0 bridgehead atoms. The van der Waals surface area contributed by atoms with Crippen LogP contribution in [0, 0.1) is 0 Å². The van der Waals surface area contributed by atoms with Crippen molar-refractivity contribution in [2.45, 2.75) is 12.6 Å². The molecule has 4 heteroatoms. The molecule has 1 heterocycles. The van der Waals surface area contributed by atoms with Gasteiger partial charge < -0.3 is 9.84 Å². The van der Waals surface area contributed by atoms with Gasteiger partial charge in [0.15, 0.2) is 0 Å². The molecule has 2 N–H and O–H groups in total. The second-order valence-corrected chi connectivity index (χ2v) is 3.36. The van der Waals surface area contributed by atoms with E-state index in [1.807, 2.05) is 19.1 Å². The highest BCUT2D eigenvalue weighted by molar-refractivity contribution is 5.85. The van der Waals surface area contributed by atoms with E-state index in [2.05, 4.69) is 5.32 Å². The van der Waals surface area contributed by atoms with E-state index in [-0.39, 0.29) is 18.2 Å². The van der Waals surface area contributed by atoms with Crippen molar-refractivity contribution in [3.63, 3.8) is 0 Å². The number of aromatic hydroxyl groups is 1. The van der Waals surface area contributed by atoms with Gasteiger partial charge in [0.05, 0.1) is 6.61 Å². The molecule has 1 atom stereocenters. The Bertz CT molecular complexity index is 311. The van der Waals surface area contributed by atoms with Gasteiger partial charge in [-0.2, -0.15) is 0 Å². The number of halogens is 1. The minimum Gasteiger partial charge on any atom is -0.508 e. The highest BCUT2D eigenvalue weighted by Gasteiger charge is 2.31. The monoisotopic (exact) mass is 215 g/mol. The first kappa shape index (κ1) is 11.3. The molecule has 1 aromatic carbocycles. The van der Waals surface area contributed by atoms with E-state index in [1.54, 1.807) is 12.1 Å². The summed E-state index contributed by atoms with van der Waals surface area (Å²) in [7, 11) is 0. The molecule has 78 valence electrons. The van der Waals surface area contributed by atoms with Gasteiger partial charge in [-0.05, 0) is 19.1 Å². The highest BCUT2D eigenvalue weighted by Crippen LogP contribution is 2.27. The summed E-state index contributed by atoms with van der Waals surface area (Å²) < 4.78 is 5.56. The van der Waals surface area contributed by atoms with Crippen molar-refractivity contribution in [1.29, 1.82) is 0 Å². The minimum atomic E-state index is -0.432. The Balaban J connectivity index is 0.000000980. The molecule has 1 aromatic rings. The number of benzene rings is 1. The Labute approximate surface area is 89.5 Å². The molecule has 1 fully saturated rings. The van der Waals surface area contributed by atoms with Crippen LogP contribution in [0.25, 0.3) is 0 Å². The van der Waals surface area contributed by atoms with Crippen LogP contribution in [0.4, 0.5) is 0 Å². The van der Waals surface area contributed by atoms with Gasteiger partial charge in [-0.25, -0.2) is 0 Å². The molecule has 0 saturated carbocycles. The molecule has 14 heavy (non-hydrogen) atoms. The number of rotatable bonds is 1. The van der Waals surface area contributed by atoms with Crippen molar-refractivity contribution in [3.05, 3.63) is 29.8 Å². The zero-order chi connectivity index (χ0) is 9.31. The van der Waals surface area contributed by atoms with E-state index < -0.39 is 5.72 Å². The molecule has 0 amide bonds. The SMILES string of the molecule is CC1(c2cccc(O)c2)NCCO1.Cl. The van der Waals surface area contributed by atoms with Crippen LogP contribution in [0.3, 0.4) is 0 Å². The van der Waals surface area contributed by atoms with Crippen LogP contribution < -0.4 is 5.32 Å². The summed E-state index contributed by atoms with van der Waals surface area (Å²) in [5.41, 5.74) is 0.531. The standard InChI is InChI=1S/C10H13NO2.ClH/c1-10(11-5-6-13-10)8-3-2-4-9(12)7-8;/h2-4,7,11-12H,5-6H2,1H3;1H. The summed E-state index contributed by atoms with van der Waals surface area (Å²) in [5.74, 6) is 0.274.